The van der Waals surface area contributed by atoms with Gasteiger partial charge in [-0.25, -0.2) is 0 Å². The van der Waals surface area contributed by atoms with Crippen molar-refractivity contribution in [2.75, 3.05) is 6.61 Å². The highest BCUT2D eigenvalue weighted by Crippen LogP contribution is 1.98. The molecule has 0 unspecified atom stereocenters. The first-order valence-electron chi connectivity index (χ1n) is 4.96. The van der Waals surface area contributed by atoms with Crippen LogP contribution in [0, 0.1) is 6.92 Å². The summed E-state index contributed by atoms with van der Waals surface area (Å²) >= 11 is 0. The Morgan fingerprint density at radius 2 is 1.61 bits per heavy atom. The fraction of sp³-hybridized carbons (Fsp3) is 0.364. The van der Waals surface area contributed by atoms with Crippen LogP contribution in [0.4, 0.5) is 0 Å². The highest BCUT2D eigenvalue weighted by atomic mass is 36.0. The van der Waals surface area contributed by atoms with Crippen molar-refractivity contribution in [3.63, 3.8) is 0 Å². The molecular formula is C11H16Cl2O4S. The Balaban J connectivity index is 0. The van der Waals surface area contributed by atoms with Crippen molar-refractivity contribution < 1.29 is 17.9 Å². The second-order valence-corrected chi connectivity index (χ2v) is 6.63. The standard InChI is InChI=1S/C7H8.C4H8O2.Cl2O2S/c1-7-5-3-2-4-6-7;1-3-6-4(2)5;1-5(2,3)4/h2-6H,1H3;3H2,1-2H3;. The van der Waals surface area contributed by atoms with Gasteiger partial charge in [0.2, 0.25) is 0 Å². The third-order valence-corrected chi connectivity index (χ3v) is 1.29. The quantitative estimate of drug-likeness (QED) is 0.589. The van der Waals surface area contributed by atoms with E-state index in [1.807, 2.05) is 18.2 Å². The monoisotopic (exact) mass is 314 g/mol. The molecule has 1 rings (SSSR count). The number of hydrogen-bond acceptors (Lipinski definition) is 4. The topological polar surface area (TPSA) is 60.4 Å². The molecule has 0 radical (unpaired) electrons. The van der Waals surface area contributed by atoms with Crippen LogP contribution in [0.5, 0.6) is 0 Å². The van der Waals surface area contributed by atoms with Gasteiger partial charge in [-0.1, -0.05) is 35.9 Å². The molecule has 104 valence electrons. The predicted octanol–water partition coefficient (Wildman–Crippen LogP) is 3.27. The van der Waals surface area contributed by atoms with Crippen molar-refractivity contribution in [1.82, 2.24) is 0 Å². The molecule has 0 saturated carbocycles. The molecular weight excluding hydrogens is 299 g/mol. The Labute approximate surface area is 117 Å². The van der Waals surface area contributed by atoms with Crippen LogP contribution in [-0.4, -0.2) is 21.0 Å². The zero-order chi connectivity index (χ0) is 14.6. The first kappa shape index (κ1) is 19.6. The molecule has 1 aromatic rings. The Hall–Kier alpha value is -0.780. The number of carbonyl (C=O) groups is 1. The minimum absolute atomic E-state index is 0.211. The highest BCUT2D eigenvalue weighted by molar-refractivity contribution is 8.31. The zero-order valence-electron chi connectivity index (χ0n) is 10.4. The van der Waals surface area contributed by atoms with Crippen molar-refractivity contribution >= 4 is 35.6 Å². The smallest absolute Gasteiger partial charge is 0.317 e. The normalized spacial score (nSPS) is 9.17. The van der Waals surface area contributed by atoms with Gasteiger partial charge in [-0.3, -0.25) is 4.79 Å². The summed E-state index contributed by atoms with van der Waals surface area (Å²) in [5, 5.41) is 0. The van der Waals surface area contributed by atoms with E-state index >= 15 is 0 Å². The lowest BCUT2D eigenvalue weighted by Gasteiger charge is -1.89. The summed E-state index contributed by atoms with van der Waals surface area (Å²) in [6.07, 6.45) is 0. The maximum Gasteiger partial charge on any atom is 0.317 e. The Bertz CT molecular complexity index is 410. The number of ether oxygens (including phenoxy) is 1. The van der Waals surface area contributed by atoms with Crippen LogP contribution in [0.1, 0.15) is 19.4 Å². The van der Waals surface area contributed by atoms with Crippen LogP contribution < -0.4 is 0 Å². The summed E-state index contributed by atoms with van der Waals surface area (Å²) < 4.78 is 22.7. The molecule has 0 heterocycles. The van der Waals surface area contributed by atoms with Crippen LogP contribution in [0.25, 0.3) is 0 Å². The van der Waals surface area contributed by atoms with E-state index < -0.39 is 8.26 Å². The van der Waals surface area contributed by atoms with Crippen molar-refractivity contribution in [2.45, 2.75) is 20.8 Å². The first-order chi connectivity index (χ1) is 8.16. The highest BCUT2D eigenvalue weighted by Gasteiger charge is 1.88. The molecule has 0 aliphatic carbocycles. The van der Waals surface area contributed by atoms with E-state index in [0.29, 0.717) is 6.61 Å². The lowest BCUT2D eigenvalue weighted by atomic mass is 10.2. The van der Waals surface area contributed by atoms with E-state index in [0.717, 1.165) is 0 Å². The average molecular weight is 315 g/mol. The van der Waals surface area contributed by atoms with Crippen molar-refractivity contribution in [3.05, 3.63) is 35.9 Å². The molecule has 0 amide bonds. The number of hydrogen-bond donors (Lipinski definition) is 0. The van der Waals surface area contributed by atoms with Crippen molar-refractivity contribution in [1.29, 1.82) is 0 Å². The molecule has 0 aliphatic heterocycles. The molecule has 0 N–H and O–H groups in total. The minimum Gasteiger partial charge on any atom is -0.466 e. The largest absolute Gasteiger partial charge is 0.466 e. The number of benzene rings is 1. The van der Waals surface area contributed by atoms with Crippen molar-refractivity contribution in [3.8, 4) is 0 Å². The van der Waals surface area contributed by atoms with Gasteiger partial charge in [-0.15, -0.1) is 0 Å². The Morgan fingerprint density at radius 1 is 1.22 bits per heavy atom. The molecule has 0 bridgehead atoms. The molecule has 4 nitrogen and oxygen atoms in total. The van der Waals surface area contributed by atoms with Gasteiger partial charge in [0.15, 0.2) is 0 Å². The van der Waals surface area contributed by atoms with E-state index in [1.165, 1.54) is 12.5 Å². The summed E-state index contributed by atoms with van der Waals surface area (Å²) in [6, 6.07) is 10.3. The van der Waals surface area contributed by atoms with Crippen LogP contribution in [0.3, 0.4) is 0 Å². The van der Waals surface area contributed by atoms with E-state index in [2.05, 4.69) is 45.2 Å². The summed E-state index contributed by atoms with van der Waals surface area (Å²) in [6.45, 7) is 5.74. The summed E-state index contributed by atoms with van der Waals surface area (Å²) in [5.74, 6) is -0.211. The van der Waals surface area contributed by atoms with Gasteiger partial charge >= 0.3 is 14.2 Å². The summed E-state index contributed by atoms with van der Waals surface area (Å²) in [5.41, 5.74) is 1.32. The van der Waals surface area contributed by atoms with Gasteiger partial charge in [0.1, 0.15) is 0 Å². The Kier molecular flexibility index (Phi) is 12.3. The molecule has 0 fully saturated rings. The van der Waals surface area contributed by atoms with E-state index in [-0.39, 0.29) is 5.97 Å². The molecule has 18 heavy (non-hydrogen) atoms. The molecule has 0 atom stereocenters. The molecule has 0 spiro atoms. The average Bonchev–Trinajstić information content (AvgIpc) is 2.16. The van der Waals surface area contributed by atoms with Gasteiger partial charge in [-0.05, 0) is 13.8 Å². The minimum atomic E-state index is -3.72. The van der Waals surface area contributed by atoms with Gasteiger partial charge < -0.3 is 4.74 Å². The van der Waals surface area contributed by atoms with Gasteiger partial charge in [0, 0.05) is 28.3 Å². The SMILES string of the molecule is CCOC(C)=O.Cc1ccccc1.O=S(=O)(Cl)Cl. The maximum atomic E-state index is 9.82. The van der Waals surface area contributed by atoms with Gasteiger partial charge in [0.05, 0.1) is 6.61 Å². The number of aryl methyl sites for hydroxylation is 1. The van der Waals surface area contributed by atoms with Crippen molar-refractivity contribution in [2.24, 2.45) is 0 Å². The number of carbonyl (C=O) groups excluding carboxylic acids is 1. The van der Waals surface area contributed by atoms with Crippen LogP contribution in [0.2, 0.25) is 0 Å². The predicted molar refractivity (Wildman–Crippen MR) is 74.1 cm³/mol. The number of halogens is 2. The summed E-state index contributed by atoms with van der Waals surface area (Å²) in [7, 11) is 4.81. The first-order valence-corrected chi connectivity index (χ1v) is 8.09. The lowest BCUT2D eigenvalue weighted by Crippen LogP contribution is -1.95. The third kappa shape index (κ3) is 29.5. The molecule has 1 aromatic carbocycles. The zero-order valence-corrected chi connectivity index (χ0v) is 12.7. The molecule has 0 aliphatic rings. The third-order valence-electron chi connectivity index (χ3n) is 1.29. The van der Waals surface area contributed by atoms with E-state index in [1.54, 1.807) is 6.92 Å². The van der Waals surface area contributed by atoms with Crippen LogP contribution in [0.15, 0.2) is 30.3 Å². The van der Waals surface area contributed by atoms with Crippen LogP contribution in [-0.2, 0) is 17.8 Å². The van der Waals surface area contributed by atoms with E-state index in [4.69, 9.17) is 8.42 Å². The molecule has 7 heteroatoms. The second-order valence-electron chi connectivity index (χ2n) is 2.96. The second kappa shape index (κ2) is 11.3. The molecule has 0 aromatic heterocycles. The van der Waals surface area contributed by atoms with Gasteiger partial charge in [0.25, 0.3) is 0 Å². The number of rotatable bonds is 1. The van der Waals surface area contributed by atoms with Gasteiger partial charge in [-0.2, -0.15) is 8.42 Å². The van der Waals surface area contributed by atoms with E-state index in [9.17, 15) is 4.79 Å². The number of esters is 1. The fourth-order valence-electron chi connectivity index (χ4n) is 0.738. The Morgan fingerprint density at radius 3 is 1.72 bits per heavy atom. The summed E-state index contributed by atoms with van der Waals surface area (Å²) in [4.78, 5) is 9.82. The lowest BCUT2D eigenvalue weighted by molar-refractivity contribution is -0.140. The van der Waals surface area contributed by atoms with Crippen LogP contribution >= 0.6 is 21.4 Å². The fourth-order valence-corrected chi connectivity index (χ4v) is 0.738. The maximum absolute atomic E-state index is 9.82. The molecule has 0 saturated heterocycles.